The van der Waals surface area contributed by atoms with Gasteiger partial charge in [0.2, 0.25) is 10.0 Å². The van der Waals surface area contributed by atoms with E-state index in [1.54, 1.807) is 6.92 Å². The maximum atomic E-state index is 11.1. The third-order valence-corrected chi connectivity index (χ3v) is 3.40. The van der Waals surface area contributed by atoms with Crippen molar-refractivity contribution in [2.24, 2.45) is 4.40 Å². The molecule has 1 heterocycles. The van der Waals surface area contributed by atoms with Crippen molar-refractivity contribution in [3.8, 4) is 11.3 Å². The Morgan fingerprint density at radius 1 is 1.32 bits per heavy atom. The van der Waals surface area contributed by atoms with Gasteiger partial charge in [-0.1, -0.05) is 21.1 Å². The van der Waals surface area contributed by atoms with Gasteiger partial charge in [0, 0.05) is 10.0 Å². The molecule has 0 atom stereocenters. The SMILES string of the molecule is Cc1noc(-c2ccc(Br)cc2)c1C=NS(C)(=O)=O. The minimum atomic E-state index is -3.43. The van der Waals surface area contributed by atoms with Crippen LogP contribution < -0.4 is 0 Å². The van der Waals surface area contributed by atoms with Crippen molar-refractivity contribution in [1.29, 1.82) is 0 Å². The van der Waals surface area contributed by atoms with Crippen LogP contribution in [0.2, 0.25) is 0 Å². The van der Waals surface area contributed by atoms with Crippen LogP contribution in [0.4, 0.5) is 0 Å². The zero-order valence-corrected chi connectivity index (χ0v) is 12.7. The highest BCUT2D eigenvalue weighted by Crippen LogP contribution is 2.26. The van der Waals surface area contributed by atoms with Crippen LogP contribution >= 0.6 is 15.9 Å². The molecule has 100 valence electrons. The molecular weight excluding hydrogens is 332 g/mol. The first kappa shape index (κ1) is 14.0. The average molecular weight is 343 g/mol. The van der Waals surface area contributed by atoms with E-state index in [2.05, 4.69) is 25.5 Å². The Bertz CT molecular complexity index is 718. The third-order valence-electron chi connectivity index (χ3n) is 2.39. The monoisotopic (exact) mass is 342 g/mol. The summed E-state index contributed by atoms with van der Waals surface area (Å²) < 4.78 is 31.8. The number of hydrogen-bond donors (Lipinski definition) is 0. The second kappa shape index (κ2) is 5.26. The number of aromatic nitrogens is 1. The highest BCUT2D eigenvalue weighted by molar-refractivity contribution is 9.10. The predicted octanol–water partition coefficient (Wildman–Crippen LogP) is 2.79. The molecule has 0 aliphatic carbocycles. The summed E-state index contributed by atoms with van der Waals surface area (Å²) in [6.45, 7) is 1.73. The summed E-state index contributed by atoms with van der Waals surface area (Å²) in [6.07, 6.45) is 2.30. The lowest BCUT2D eigenvalue weighted by Gasteiger charge is -1.98. The second-order valence-electron chi connectivity index (χ2n) is 3.99. The maximum Gasteiger partial charge on any atom is 0.250 e. The van der Waals surface area contributed by atoms with Gasteiger partial charge in [-0.05, 0) is 31.2 Å². The molecule has 0 aliphatic rings. The van der Waals surface area contributed by atoms with Crippen LogP contribution in [0.1, 0.15) is 11.3 Å². The normalized spacial score (nSPS) is 12.2. The Kier molecular flexibility index (Phi) is 3.86. The number of hydrogen-bond acceptors (Lipinski definition) is 4. The van der Waals surface area contributed by atoms with Crippen LogP contribution in [-0.4, -0.2) is 26.0 Å². The van der Waals surface area contributed by atoms with Crippen LogP contribution in [0.15, 0.2) is 37.7 Å². The number of rotatable bonds is 3. The molecule has 0 saturated heterocycles. The topological polar surface area (TPSA) is 72.5 Å². The molecule has 5 nitrogen and oxygen atoms in total. The van der Waals surface area contributed by atoms with Gasteiger partial charge in [-0.25, -0.2) is 8.42 Å². The van der Waals surface area contributed by atoms with Gasteiger partial charge >= 0.3 is 0 Å². The van der Waals surface area contributed by atoms with E-state index in [9.17, 15) is 8.42 Å². The van der Waals surface area contributed by atoms with Crippen LogP contribution in [-0.2, 0) is 10.0 Å². The first-order valence-corrected chi connectivity index (χ1v) is 7.98. The van der Waals surface area contributed by atoms with Crippen LogP contribution in [0.25, 0.3) is 11.3 Å². The van der Waals surface area contributed by atoms with E-state index in [0.717, 1.165) is 16.3 Å². The van der Waals surface area contributed by atoms with E-state index >= 15 is 0 Å². The van der Waals surface area contributed by atoms with E-state index in [0.29, 0.717) is 17.0 Å². The molecule has 0 radical (unpaired) electrons. The van der Waals surface area contributed by atoms with Gasteiger partial charge in [0.1, 0.15) is 0 Å². The summed E-state index contributed by atoms with van der Waals surface area (Å²) in [7, 11) is -3.43. The molecule has 2 aromatic rings. The molecule has 1 aromatic carbocycles. The summed E-state index contributed by atoms with van der Waals surface area (Å²) in [6, 6.07) is 7.43. The Morgan fingerprint density at radius 3 is 2.53 bits per heavy atom. The minimum absolute atomic E-state index is 0.498. The fourth-order valence-electron chi connectivity index (χ4n) is 1.49. The lowest BCUT2D eigenvalue weighted by molar-refractivity contribution is 0.427. The number of nitrogens with zero attached hydrogens (tertiary/aromatic N) is 2. The average Bonchev–Trinajstić information content (AvgIpc) is 2.68. The van der Waals surface area contributed by atoms with Crippen LogP contribution in [0, 0.1) is 6.92 Å². The Hall–Kier alpha value is -1.47. The summed E-state index contributed by atoms with van der Waals surface area (Å²) >= 11 is 3.35. The Balaban J connectivity index is 2.48. The quantitative estimate of drug-likeness (QED) is 0.804. The molecule has 2 rings (SSSR count). The van der Waals surface area contributed by atoms with Gasteiger partial charge in [0.25, 0.3) is 0 Å². The molecule has 1 aromatic heterocycles. The number of halogens is 1. The molecule has 0 unspecified atom stereocenters. The Morgan fingerprint density at radius 2 is 1.95 bits per heavy atom. The summed E-state index contributed by atoms with van der Waals surface area (Å²) in [5, 5.41) is 3.84. The van der Waals surface area contributed by atoms with Crippen molar-refractivity contribution < 1.29 is 12.9 Å². The molecule has 0 bridgehead atoms. The maximum absolute atomic E-state index is 11.1. The van der Waals surface area contributed by atoms with Crippen molar-refractivity contribution in [2.75, 3.05) is 6.26 Å². The van der Waals surface area contributed by atoms with Gasteiger partial charge < -0.3 is 4.52 Å². The molecular formula is C12H11BrN2O3S. The van der Waals surface area contributed by atoms with Gasteiger partial charge in [-0.2, -0.15) is 4.40 Å². The molecule has 0 fully saturated rings. The highest BCUT2D eigenvalue weighted by Gasteiger charge is 2.13. The highest BCUT2D eigenvalue weighted by atomic mass is 79.9. The third kappa shape index (κ3) is 3.51. The van der Waals surface area contributed by atoms with Crippen molar-refractivity contribution in [1.82, 2.24) is 5.16 Å². The largest absolute Gasteiger partial charge is 0.355 e. The fourth-order valence-corrected chi connectivity index (χ4v) is 2.05. The van der Waals surface area contributed by atoms with Crippen LogP contribution in [0.3, 0.4) is 0 Å². The van der Waals surface area contributed by atoms with E-state index in [4.69, 9.17) is 4.52 Å². The summed E-state index contributed by atoms with van der Waals surface area (Å²) in [5.41, 5.74) is 1.96. The molecule has 19 heavy (non-hydrogen) atoms. The number of aryl methyl sites for hydroxylation is 1. The van der Waals surface area contributed by atoms with Gasteiger partial charge in [-0.3, -0.25) is 0 Å². The molecule has 0 amide bonds. The summed E-state index contributed by atoms with van der Waals surface area (Å²) in [5.74, 6) is 0.498. The number of benzene rings is 1. The standard InChI is InChI=1S/C12H11BrN2O3S/c1-8-11(7-14-19(2,16)17)12(18-15-8)9-3-5-10(13)6-4-9/h3-7H,1-2H3. The minimum Gasteiger partial charge on any atom is -0.355 e. The summed E-state index contributed by atoms with van der Waals surface area (Å²) in [4.78, 5) is 0. The molecule has 0 N–H and O–H groups in total. The van der Waals surface area contributed by atoms with Crippen molar-refractivity contribution >= 4 is 32.2 Å². The van der Waals surface area contributed by atoms with Crippen molar-refractivity contribution in [3.05, 3.63) is 40.0 Å². The lowest BCUT2D eigenvalue weighted by atomic mass is 10.1. The Labute approximate surface area is 119 Å². The van der Waals surface area contributed by atoms with Gasteiger partial charge in [-0.15, -0.1) is 0 Å². The van der Waals surface area contributed by atoms with Crippen LogP contribution in [0.5, 0.6) is 0 Å². The van der Waals surface area contributed by atoms with E-state index in [1.807, 2.05) is 24.3 Å². The van der Waals surface area contributed by atoms with Gasteiger partial charge in [0.15, 0.2) is 5.76 Å². The smallest absolute Gasteiger partial charge is 0.250 e. The van der Waals surface area contributed by atoms with Crippen molar-refractivity contribution in [2.45, 2.75) is 6.92 Å². The molecule has 7 heteroatoms. The fraction of sp³-hybridized carbons (Fsp3) is 0.167. The molecule has 0 aliphatic heterocycles. The first-order chi connectivity index (χ1) is 8.87. The number of sulfonamides is 1. The second-order valence-corrected chi connectivity index (χ2v) is 6.58. The van der Waals surface area contributed by atoms with E-state index in [-0.39, 0.29) is 0 Å². The zero-order valence-electron chi connectivity index (χ0n) is 10.3. The lowest BCUT2D eigenvalue weighted by Crippen LogP contribution is -1.93. The van der Waals surface area contributed by atoms with E-state index in [1.165, 1.54) is 6.21 Å². The molecule has 0 saturated carbocycles. The van der Waals surface area contributed by atoms with Crippen molar-refractivity contribution in [3.63, 3.8) is 0 Å². The van der Waals surface area contributed by atoms with E-state index < -0.39 is 10.0 Å². The first-order valence-electron chi connectivity index (χ1n) is 5.34. The van der Waals surface area contributed by atoms with Gasteiger partial charge in [0.05, 0.1) is 23.7 Å². The predicted molar refractivity (Wildman–Crippen MR) is 76.8 cm³/mol. The zero-order chi connectivity index (χ0) is 14.0. The molecule has 0 spiro atoms.